The Balaban J connectivity index is 1.48. The minimum absolute atomic E-state index is 0.0819. The molecule has 9 heteroatoms. The van der Waals surface area contributed by atoms with Crippen LogP contribution in [0.25, 0.3) is 6.08 Å². The first-order valence-corrected chi connectivity index (χ1v) is 9.23. The van der Waals surface area contributed by atoms with Crippen molar-refractivity contribution in [3.8, 4) is 5.75 Å². The van der Waals surface area contributed by atoms with E-state index in [1.807, 2.05) is 17.0 Å². The van der Waals surface area contributed by atoms with Gasteiger partial charge in [0.05, 0.1) is 6.54 Å². The predicted octanol–water partition coefficient (Wildman–Crippen LogP) is 3.73. The summed E-state index contributed by atoms with van der Waals surface area (Å²) in [5, 5.41) is 3.13. The highest BCUT2D eigenvalue weighted by Gasteiger charge is 2.31. The normalized spacial score (nSPS) is 14.5. The van der Waals surface area contributed by atoms with Crippen molar-refractivity contribution in [2.24, 2.45) is 4.99 Å². The number of hydrogen-bond acceptors (Lipinski definition) is 7. The van der Waals surface area contributed by atoms with Gasteiger partial charge in [-0.05, 0) is 36.4 Å². The first kappa shape index (κ1) is 18.0. The first-order valence-electron chi connectivity index (χ1n) is 9.23. The number of nitrogens with zero attached hydrogens (tertiary/aromatic N) is 4. The molecule has 0 radical (unpaired) electrons. The van der Waals surface area contributed by atoms with Gasteiger partial charge in [0.1, 0.15) is 11.6 Å². The van der Waals surface area contributed by atoms with Gasteiger partial charge in [0.15, 0.2) is 23.2 Å². The Labute approximate surface area is 170 Å². The predicted molar refractivity (Wildman–Crippen MR) is 111 cm³/mol. The van der Waals surface area contributed by atoms with E-state index in [1.54, 1.807) is 24.4 Å². The number of halogens is 2. The SMILES string of the molecule is Nc1cccc(Nc2ncc3c(n2)N2CCN=C2C(Oc2ccc(F)cc2F)=C3)c1. The molecular formula is C21H16F2N6O. The number of nitrogens with two attached hydrogens (primary N) is 1. The van der Waals surface area contributed by atoms with E-state index in [1.165, 1.54) is 6.07 Å². The van der Waals surface area contributed by atoms with Crippen molar-refractivity contribution in [3.05, 3.63) is 71.6 Å². The van der Waals surface area contributed by atoms with Crippen molar-refractivity contribution in [3.63, 3.8) is 0 Å². The summed E-state index contributed by atoms with van der Waals surface area (Å²) >= 11 is 0. The van der Waals surface area contributed by atoms with Crippen LogP contribution in [-0.4, -0.2) is 28.9 Å². The maximum atomic E-state index is 14.0. The molecule has 3 aromatic rings. The Kier molecular flexibility index (Phi) is 4.27. The molecule has 0 bridgehead atoms. The van der Waals surface area contributed by atoms with Crippen LogP contribution in [0.5, 0.6) is 5.75 Å². The molecule has 3 N–H and O–H groups in total. The van der Waals surface area contributed by atoms with Gasteiger partial charge < -0.3 is 20.7 Å². The monoisotopic (exact) mass is 406 g/mol. The smallest absolute Gasteiger partial charge is 0.229 e. The van der Waals surface area contributed by atoms with Crippen LogP contribution in [0.4, 0.5) is 31.9 Å². The van der Waals surface area contributed by atoms with Crippen LogP contribution in [0.15, 0.2) is 59.4 Å². The molecule has 0 aliphatic carbocycles. The quantitative estimate of drug-likeness (QED) is 0.642. The number of aliphatic imine (C=N–C) groups is 1. The fourth-order valence-corrected chi connectivity index (χ4v) is 3.33. The number of hydrogen-bond donors (Lipinski definition) is 2. The van der Waals surface area contributed by atoms with E-state index >= 15 is 0 Å². The van der Waals surface area contributed by atoms with Crippen molar-refractivity contribution < 1.29 is 13.5 Å². The molecule has 0 fully saturated rings. The molecular weight excluding hydrogens is 390 g/mol. The second-order valence-electron chi connectivity index (χ2n) is 6.77. The summed E-state index contributed by atoms with van der Waals surface area (Å²) in [6, 6.07) is 10.4. The Morgan fingerprint density at radius 1 is 1.13 bits per heavy atom. The van der Waals surface area contributed by atoms with E-state index in [0.717, 1.165) is 17.8 Å². The number of aromatic nitrogens is 2. The van der Waals surface area contributed by atoms with E-state index in [4.69, 9.17) is 10.5 Å². The van der Waals surface area contributed by atoms with Crippen LogP contribution in [0.1, 0.15) is 5.56 Å². The number of ether oxygens (including phenoxy) is 1. The van der Waals surface area contributed by atoms with Crippen LogP contribution >= 0.6 is 0 Å². The zero-order valence-electron chi connectivity index (χ0n) is 15.6. The Morgan fingerprint density at radius 2 is 2.03 bits per heavy atom. The highest BCUT2D eigenvalue weighted by Crippen LogP contribution is 2.33. The molecule has 0 amide bonds. The summed E-state index contributed by atoms with van der Waals surface area (Å²) in [5.74, 6) is 0.431. The summed E-state index contributed by atoms with van der Waals surface area (Å²) in [4.78, 5) is 15.3. The third kappa shape index (κ3) is 3.30. The molecule has 30 heavy (non-hydrogen) atoms. The molecule has 2 aromatic carbocycles. The number of rotatable bonds is 4. The van der Waals surface area contributed by atoms with Crippen LogP contribution in [0.3, 0.4) is 0 Å². The topological polar surface area (TPSA) is 88.7 Å². The minimum atomic E-state index is -0.787. The molecule has 0 saturated heterocycles. The van der Waals surface area contributed by atoms with Gasteiger partial charge in [-0.2, -0.15) is 4.98 Å². The first-order chi connectivity index (χ1) is 14.6. The Morgan fingerprint density at radius 3 is 2.87 bits per heavy atom. The van der Waals surface area contributed by atoms with Crippen molar-refractivity contribution in [1.82, 2.24) is 9.97 Å². The van der Waals surface area contributed by atoms with Gasteiger partial charge in [-0.1, -0.05) is 6.07 Å². The molecule has 3 heterocycles. The number of fused-ring (bicyclic) bond motifs is 3. The maximum Gasteiger partial charge on any atom is 0.229 e. The number of amidine groups is 1. The number of anilines is 4. The third-order valence-corrected chi connectivity index (χ3v) is 4.66. The van der Waals surface area contributed by atoms with E-state index in [2.05, 4.69) is 20.3 Å². The lowest BCUT2D eigenvalue weighted by atomic mass is 10.1. The Hall–Kier alpha value is -4.01. The van der Waals surface area contributed by atoms with Crippen molar-refractivity contribution in [2.45, 2.75) is 0 Å². The standard InChI is InChI=1S/C21H16F2N6O/c22-13-4-5-17(16(23)9-13)30-18-8-12-11-26-21(27-15-3-1-2-14(24)10-15)28-19(12)29-7-6-25-20(18)29/h1-5,8-11H,6-7,24H2,(H,26,27,28). The lowest BCUT2D eigenvalue weighted by molar-refractivity contribution is 0.418. The highest BCUT2D eigenvalue weighted by atomic mass is 19.1. The Bertz CT molecular complexity index is 1210. The van der Waals surface area contributed by atoms with E-state index < -0.39 is 11.6 Å². The highest BCUT2D eigenvalue weighted by molar-refractivity contribution is 6.15. The zero-order chi connectivity index (χ0) is 20.7. The molecule has 5 rings (SSSR count). The molecule has 7 nitrogen and oxygen atoms in total. The second kappa shape index (κ2) is 7.11. The fourth-order valence-electron chi connectivity index (χ4n) is 3.33. The number of benzene rings is 2. The second-order valence-corrected chi connectivity index (χ2v) is 6.77. The lowest BCUT2D eigenvalue weighted by Gasteiger charge is -2.27. The number of nitrogen functional groups attached to an aromatic ring is 1. The largest absolute Gasteiger partial charge is 0.450 e. The zero-order valence-corrected chi connectivity index (χ0v) is 15.6. The van der Waals surface area contributed by atoms with Crippen LogP contribution in [0, 0.1) is 11.6 Å². The van der Waals surface area contributed by atoms with E-state index in [9.17, 15) is 8.78 Å². The van der Waals surface area contributed by atoms with Gasteiger partial charge in [0.2, 0.25) is 5.95 Å². The molecule has 150 valence electrons. The van der Waals surface area contributed by atoms with Gasteiger partial charge >= 0.3 is 0 Å². The minimum Gasteiger partial charge on any atom is -0.450 e. The number of nitrogens with one attached hydrogen (secondary N) is 1. The lowest BCUT2D eigenvalue weighted by Crippen LogP contribution is -2.34. The van der Waals surface area contributed by atoms with Gasteiger partial charge in [-0.25, -0.2) is 13.8 Å². The molecule has 0 saturated carbocycles. The van der Waals surface area contributed by atoms with E-state index in [-0.39, 0.29) is 5.75 Å². The fraction of sp³-hybridized carbons (Fsp3) is 0.0952. The maximum absolute atomic E-state index is 14.0. The third-order valence-electron chi connectivity index (χ3n) is 4.66. The average Bonchev–Trinajstić information content (AvgIpc) is 3.21. The van der Waals surface area contributed by atoms with Crippen LogP contribution in [-0.2, 0) is 0 Å². The molecule has 1 aromatic heterocycles. The summed E-state index contributed by atoms with van der Waals surface area (Å²) in [5.41, 5.74) is 7.92. The van der Waals surface area contributed by atoms with Gasteiger partial charge in [-0.15, -0.1) is 0 Å². The van der Waals surface area contributed by atoms with Gasteiger partial charge in [0, 0.05) is 35.7 Å². The van der Waals surface area contributed by atoms with Crippen LogP contribution in [0.2, 0.25) is 0 Å². The van der Waals surface area contributed by atoms with Crippen molar-refractivity contribution in [2.75, 3.05) is 29.0 Å². The summed E-state index contributed by atoms with van der Waals surface area (Å²) in [6.45, 7) is 1.15. The molecule has 0 unspecified atom stereocenters. The molecule has 2 aliphatic heterocycles. The van der Waals surface area contributed by atoms with Crippen molar-refractivity contribution in [1.29, 1.82) is 0 Å². The molecule has 0 atom stereocenters. The van der Waals surface area contributed by atoms with Crippen molar-refractivity contribution >= 4 is 35.1 Å². The molecule has 0 spiro atoms. The summed E-state index contributed by atoms with van der Waals surface area (Å²) in [6.07, 6.45) is 3.35. The summed E-state index contributed by atoms with van der Waals surface area (Å²) in [7, 11) is 0. The van der Waals surface area contributed by atoms with E-state index in [0.29, 0.717) is 47.7 Å². The van der Waals surface area contributed by atoms with Gasteiger partial charge in [0.25, 0.3) is 0 Å². The van der Waals surface area contributed by atoms with Gasteiger partial charge in [-0.3, -0.25) is 4.99 Å². The van der Waals surface area contributed by atoms with Crippen LogP contribution < -0.4 is 20.7 Å². The summed E-state index contributed by atoms with van der Waals surface area (Å²) < 4.78 is 32.9. The molecule has 2 aliphatic rings. The average molecular weight is 406 g/mol.